The van der Waals surface area contributed by atoms with Gasteiger partial charge in [0.15, 0.2) is 5.13 Å². The van der Waals surface area contributed by atoms with E-state index in [1.165, 1.54) is 11.3 Å². The molecule has 0 bridgehead atoms. The molecule has 0 aliphatic carbocycles. The van der Waals surface area contributed by atoms with Crippen molar-refractivity contribution in [2.24, 2.45) is 0 Å². The minimum atomic E-state index is -0.0686. The van der Waals surface area contributed by atoms with Crippen molar-refractivity contribution in [1.29, 1.82) is 0 Å². The van der Waals surface area contributed by atoms with Crippen molar-refractivity contribution in [3.63, 3.8) is 0 Å². The van der Waals surface area contributed by atoms with Crippen LogP contribution < -0.4 is 9.64 Å². The molecule has 172 valence electrons. The summed E-state index contributed by atoms with van der Waals surface area (Å²) < 4.78 is 12.0. The number of methoxy groups -OCH3 is 1. The summed E-state index contributed by atoms with van der Waals surface area (Å²) in [5, 5.41) is 6.64. The third-order valence-corrected chi connectivity index (χ3v) is 7.18. The number of carbonyl (C=O) groups excluding carboxylic acids is 1. The molecular formula is C25H22N4O3S2. The van der Waals surface area contributed by atoms with E-state index in [2.05, 4.69) is 10.1 Å². The maximum absolute atomic E-state index is 13.6. The highest BCUT2D eigenvalue weighted by molar-refractivity contribution is 7.22. The zero-order valence-corrected chi connectivity index (χ0v) is 20.4. The van der Waals surface area contributed by atoms with Gasteiger partial charge in [-0.2, -0.15) is 4.98 Å². The van der Waals surface area contributed by atoms with E-state index in [-0.39, 0.29) is 5.91 Å². The number of hydrogen-bond acceptors (Lipinski definition) is 8. The topological polar surface area (TPSA) is 81.4 Å². The summed E-state index contributed by atoms with van der Waals surface area (Å²) in [6.07, 6.45) is 1.38. The smallest absolute Gasteiger partial charge is 0.233 e. The Morgan fingerprint density at radius 1 is 1.12 bits per heavy atom. The second-order valence-electron chi connectivity index (χ2n) is 7.71. The molecule has 3 heterocycles. The van der Waals surface area contributed by atoms with Crippen LogP contribution in [0.3, 0.4) is 0 Å². The standard InChI is InChI=1S/C25H22N4O3S2/c1-16-12-13-19(31-2)18(15-16)29(25-26-17-7-3-4-8-20(17)34-25)23(30)11-5-10-22-27-24(28-32-22)21-9-6-14-33-21/h3-4,6-9,12-15H,5,10-11H2,1-2H3. The number of amides is 1. The molecule has 5 aromatic rings. The Labute approximate surface area is 204 Å². The molecule has 3 aromatic heterocycles. The van der Waals surface area contributed by atoms with Crippen molar-refractivity contribution in [3.05, 3.63) is 71.4 Å². The predicted octanol–water partition coefficient (Wildman–Crippen LogP) is 6.41. The fourth-order valence-electron chi connectivity index (χ4n) is 3.64. The largest absolute Gasteiger partial charge is 0.495 e. The molecular weight excluding hydrogens is 468 g/mol. The number of hydrogen-bond donors (Lipinski definition) is 0. The number of aryl methyl sites for hydroxylation is 2. The summed E-state index contributed by atoms with van der Waals surface area (Å²) in [6.45, 7) is 1.99. The Kier molecular flexibility index (Phi) is 6.37. The van der Waals surface area contributed by atoms with Crippen molar-refractivity contribution in [2.75, 3.05) is 12.0 Å². The van der Waals surface area contributed by atoms with Crippen LogP contribution in [0.1, 0.15) is 24.3 Å². The van der Waals surface area contributed by atoms with E-state index in [4.69, 9.17) is 14.2 Å². The summed E-state index contributed by atoms with van der Waals surface area (Å²) in [7, 11) is 1.61. The highest BCUT2D eigenvalue weighted by atomic mass is 32.1. The van der Waals surface area contributed by atoms with Gasteiger partial charge in [-0.15, -0.1) is 11.3 Å². The van der Waals surface area contributed by atoms with Gasteiger partial charge in [0.05, 0.1) is 27.9 Å². The predicted molar refractivity (Wildman–Crippen MR) is 135 cm³/mol. The van der Waals surface area contributed by atoms with E-state index in [1.807, 2.05) is 66.9 Å². The van der Waals surface area contributed by atoms with E-state index in [1.54, 1.807) is 23.3 Å². The molecule has 0 atom stereocenters. The molecule has 7 nitrogen and oxygen atoms in total. The van der Waals surface area contributed by atoms with Crippen LogP contribution in [0.15, 0.2) is 64.5 Å². The first-order valence-electron chi connectivity index (χ1n) is 10.8. The lowest BCUT2D eigenvalue weighted by Gasteiger charge is -2.22. The maximum atomic E-state index is 13.6. The Hall–Kier alpha value is -3.56. The molecule has 0 spiro atoms. The van der Waals surface area contributed by atoms with Gasteiger partial charge >= 0.3 is 0 Å². The number of aromatic nitrogens is 3. The number of carbonyl (C=O) groups is 1. The van der Waals surface area contributed by atoms with Crippen LogP contribution in [0, 0.1) is 6.92 Å². The molecule has 2 aromatic carbocycles. The Morgan fingerprint density at radius 3 is 2.79 bits per heavy atom. The third-order valence-electron chi connectivity index (χ3n) is 5.29. The number of nitrogens with zero attached hydrogens (tertiary/aromatic N) is 4. The molecule has 0 saturated carbocycles. The first kappa shape index (κ1) is 22.2. The molecule has 0 saturated heterocycles. The Morgan fingerprint density at radius 2 is 2.00 bits per heavy atom. The zero-order chi connectivity index (χ0) is 23.5. The van der Waals surface area contributed by atoms with Crippen molar-refractivity contribution in [1.82, 2.24) is 15.1 Å². The minimum absolute atomic E-state index is 0.0686. The lowest BCUT2D eigenvalue weighted by atomic mass is 10.1. The van der Waals surface area contributed by atoms with Crippen LogP contribution in [0.4, 0.5) is 10.8 Å². The van der Waals surface area contributed by atoms with Crippen LogP contribution in [0.2, 0.25) is 0 Å². The molecule has 5 rings (SSSR count). The van der Waals surface area contributed by atoms with Crippen molar-refractivity contribution in [3.8, 4) is 16.5 Å². The molecule has 0 aliphatic rings. The molecule has 9 heteroatoms. The van der Waals surface area contributed by atoms with Gasteiger partial charge in [0.25, 0.3) is 0 Å². The fraction of sp³-hybridized carbons (Fsp3) is 0.200. The average Bonchev–Trinajstić information content (AvgIpc) is 3.60. The molecule has 0 N–H and O–H groups in total. The van der Waals surface area contributed by atoms with Gasteiger partial charge in [-0.05, 0) is 54.6 Å². The summed E-state index contributed by atoms with van der Waals surface area (Å²) in [5.41, 5.74) is 2.57. The number of benzene rings is 2. The number of thiazole rings is 1. The normalized spacial score (nSPS) is 11.1. The van der Waals surface area contributed by atoms with Crippen LogP contribution in [-0.2, 0) is 11.2 Å². The van der Waals surface area contributed by atoms with E-state index < -0.39 is 0 Å². The van der Waals surface area contributed by atoms with Gasteiger partial charge < -0.3 is 9.26 Å². The van der Waals surface area contributed by atoms with Gasteiger partial charge in [0.2, 0.25) is 17.6 Å². The number of anilines is 2. The Balaban J connectivity index is 1.39. The van der Waals surface area contributed by atoms with Crippen LogP contribution in [-0.4, -0.2) is 28.1 Å². The molecule has 0 fully saturated rings. The van der Waals surface area contributed by atoms with Gasteiger partial charge in [0, 0.05) is 12.8 Å². The van der Waals surface area contributed by atoms with Crippen molar-refractivity contribution in [2.45, 2.75) is 26.2 Å². The van der Waals surface area contributed by atoms with Crippen LogP contribution in [0.5, 0.6) is 5.75 Å². The second kappa shape index (κ2) is 9.74. The highest BCUT2D eigenvalue weighted by Crippen LogP contribution is 2.39. The first-order valence-corrected chi connectivity index (χ1v) is 12.5. The van der Waals surface area contributed by atoms with Crippen molar-refractivity contribution >= 4 is 49.6 Å². The van der Waals surface area contributed by atoms with Gasteiger partial charge in [-0.25, -0.2) is 4.98 Å². The van der Waals surface area contributed by atoms with E-state index in [0.717, 1.165) is 20.7 Å². The lowest BCUT2D eigenvalue weighted by molar-refractivity contribution is -0.118. The molecule has 0 unspecified atom stereocenters. The second-order valence-corrected chi connectivity index (χ2v) is 9.67. The van der Waals surface area contributed by atoms with Crippen LogP contribution >= 0.6 is 22.7 Å². The average molecular weight is 491 g/mol. The van der Waals surface area contributed by atoms with Crippen molar-refractivity contribution < 1.29 is 14.1 Å². The number of ether oxygens (including phenoxy) is 1. The number of thiophene rings is 1. The Bertz CT molecular complexity index is 1390. The SMILES string of the molecule is COc1ccc(C)cc1N(C(=O)CCCc1nc(-c2cccs2)no1)c1nc2ccccc2s1. The van der Waals surface area contributed by atoms with Gasteiger partial charge in [-0.1, -0.05) is 40.8 Å². The van der Waals surface area contributed by atoms with E-state index in [9.17, 15) is 4.79 Å². The number of rotatable bonds is 8. The maximum Gasteiger partial charge on any atom is 0.233 e. The zero-order valence-electron chi connectivity index (χ0n) is 18.7. The first-order chi connectivity index (χ1) is 16.6. The molecule has 0 radical (unpaired) electrons. The van der Waals surface area contributed by atoms with Crippen LogP contribution in [0.25, 0.3) is 20.9 Å². The fourth-order valence-corrected chi connectivity index (χ4v) is 5.29. The molecule has 0 aliphatic heterocycles. The van der Waals surface area contributed by atoms with Gasteiger partial charge in [-0.3, -0.25) is 9.69 Å². The highest BCUT2D eigenvalue weighted by Gasteiger charge is 2.25. The third kappa shape index (κ3) is 4.57. The van der Waals surface area contributed by atoms with E-state index >= 15 is 0 Å². The summed E-state index contributed by atoms with van der Waals surface area (Å²) in [4.78, 5) is 25.4. The molecule has 1 amide bonds. The minimum Gasteiger partial charge on any atom is -0.495 e. The van der Waals surface area contributed by atoms with Gasteiger partial charge in [0.1, 0.15) is 5.75 Å². The number of fused-ring (bicyclic) bond motifs is 1. The monoisotopic (exact) mass is 490 g/mol. The quantitative estimate of drug-likeness (QED) is 0.250. The molecule has 34 heavy (non-hydrogen) atoms. The lowest BCUT2D eigenvalue weighted by Crippen LogP contribution is -2.26. The van der Waals surface area contributed by atoms with E-state index in [0.29, 0.717) is 47.5 Å². The summed E-state index contributed by atoms with van der Waals surface area (Å²) in [6, 6.07) is 17.6. The number of para-hydroxylation sites is 1. The summed E-state index contributed by atoms with van der Waals surface area (Å²) >= 11 is 3.04. The summed E-state index contributed by atoms with van der Waals surface area (Å²) in [5.74, 6) is 1.66.